The maximum atomic E-state index is 12.8. The minimum absolute atomic E-state index is 0.148. The molecule has 0 bridgehead atoms. The fraction of sp³-hybridized carbons (Fsp3) is 0.217. The number of anilines is 1. The van der Waals surface area contributed by atoms with Gasteiger partial charge in [-0.2, -0.15) is 0 Å². The van der Waals surface area contributed by atoms with Crippen molar-refractivity contribution in [1.82, 2.24) is 4.72 Å². The van der Waals surface area contributed by atoms with Crippen LogP contribution in [0, 0.1) is 0 Å². The van der Waals surface area contributed by atoms with E-state index in [1.165, 1.54) is 0 Å². The van der Waals surface area contributed by atoms with Crippen molar-refractivity contribution in [3.8, 4) is 11.1 Å². The van der Waals surface area contributed by atoms with E-state index in [1.54, 1.807) is 42.5 Å². The SMILES string of the molecule is O=S(=O)(NCC1CCCN1c1ccccc1)c1ccc(-c2cc(Cl)cc(Cl)c2)cc1. The van der Waals surface area contributed by atoms with Gasteiger partial charge in [0, 0.05) is 34.9 Å². The number of benzene rings is 3. The molecule has 4 nitrogen and oxygen atoms in total. The highest BCUT2D eigenvalue weighted by atomic mass is 35.5. The third kappa shape index (κ3) is 4.81. The molecule has 7 heteroatoms. The van der Waals surface area contributed by atoms with Crippen LogP contribution in [-0.2, 0) is 10.0 Å². The molecule has 30 heavy (non-hydrogen) atoms. The lowest BCUT2D eigenvalue weighted by Gasteiger charge is -2.27. The Morgan fingerprint density at radius 2 is 1.57 bits per heavy atom. The van der Waals surface area contributed by atoms with Crippen LogP contribution in [0.15, 0.2) is 77.7 Å². The molecule has 1 aliphatic heterocycles. The number of rotatable bonds is 6. The van der Waals surface area contributed by atoms with Crippen LogP contribution >= 0.6 is 23.2 Å². The van der Waals surface area contributed by atoms with E-state index in [0.29, 0.717) is 16.6 Å². The highest BCUT2D eigenvalue weighted by molar-refractivity contribution is 7.89. The van der Waals surface area contributed by atoms with Crippen molar-refractivity contribution in [1.29, 1.82) is 0 Å². The summed E-state index contributed by atoms with van der Waals surface area (Å²) < 4.78 is 28.4. The molecule has 1 heterocycles. The van der Waals surface area contributed by atoms with Crippen molar-refractivity contribution in [2.45, 2.75) is 23.8 Å². The molecule has 0 radical (unpaired) electrons. The van der Waals surface area contributed by atoms with Crippen LogP contribution in [0.3, 0.4) is 0 Å². The smallest absolute Gasteiger partial charge is 0.240 e. The first kappa shape index (κ1) is 21.2. The van der Waals surface area contributed by atoms with Gasteiger partial charge in [-0.15, -0.1) is 0 Å². The number of halogens is 2. The first-order valence-electron chi connectivity index (χ1n) is 9.80. The molecule has 3 aromatic carbocycles. The van der Waals surface area contributed by atoms with E-state index in [1.807, 2.05) is 18.2 Å². The summed E-state index contributed by atoms with van der Waals surface area (Å²) in [4.78, 5) is 2.51. The molecule has 0 amide bonds. The largest absolute Gasteiger partial charge is 0.367 e. The molecule has 1 unspecified atom stereocenters. The number of sulfonamides is 1. The number of hydrogen-bond acceptors (Lipinski definition) is 3. The van der Waals surface area contributed by atoms with E-state index in [0.717, 1.165) is 36.2 Å². The standard InChI is InChI=1S/C23H22Cl2N2O2S/c24-19-13-18(14-20(25)15-19)17-8-10-23(11-9-17)30(28,29)26-16-22-7-4-12-27(22)21-5-2-1-3-6-21/h1-3,5-6,8-11,13-15,22,26H,4,7,12,16H2. The zero-order valence-electron chi connectivity index (χ0n) is 16.3. The second-order valence-electron chi connectivity index (χ2n) is 7.36. The Balaban J connectivity index is 1.46. The maximum absolute atomic E-state index is 12.8. The van der Waals surface area contributed by atoms with Crippen molar-refractivity contribution >= 4 is 38.9 Å². The zero-order valence-corrected chi connectivity index (χ0v) is 18.6. The van der Waals surface area contributed by atoms with Crippen molar-refractivity contribution in [2.75, 3.05) is 18.0 Å². The van der Waals surface area contributed by atoms with E-state index < -0.39 is 10.0 Å². The molecule has 3 aromatic rings. The molecule has 4 rings (SSSR count). The molecule has 0 spiro atoms. The summed E-state index contributed by atoms with van der Waals surface area (Å²) in [5, 5.41) is 1.07. The Bertz CT molecular complexity index is 1100. The zero-order chi connectivity index (χ0) is 21.1. The fourth-order valence-corrected chi connectivity index (χ4v) is 5.44. The highest BCUT2D eigenvalue weighted by Crippen LogP contribution is 2.28. The van der Waals surface area contributed by atoms with Gasteiger partial charge in [-0.05, 0) is 66.4 Å². The third-order valence-electron chi connectivity index (χ3n) is 5.33. The molecule has 1 saturated heterocycles. The number of nitrogens with one attached hydrogen (secondary N) is 1. The average Bonchev–Trinajstić information content (AvgIpc) is 3.21. The van der Waals surface area contributed by atoms with Gasteiger partial charge >= 0.3 is 0 Å². The Morgan fingerprint density at radius 3 is 2.23 bits per heavy atom. The molecular weight excluding hydrogens is 439 g/mol. The predicted molar refractivity (Wildman–Crippen MR) is 124 cm³/mol. The molecule has 1 atom stereocenters. The fourth-order valence-electron chi connectivity index (χ4n) is 3.84. The highest BCUT2D eigenvalue weighted by Gasteiger charge is 2.26. The molecule has 1 fully saturated rings. The van der Waals surface area contributed by atoms with Crippen LogP contribution < -0.4 is 9.62 Å². The van der Waals surface area contributed by atoms with Gasteiger partial charge in [0.05, 0.1) is 4.90 Å². The Hall–Kier alpha value is -2.05. The summed E-state index contributed by atoms with van der Waals surface area (Å²) in [6.07, 6.45) is 2.02. The minimum atomic E-state index is -3.60. The van der Waals surface area contributed by atoms with E-state index in [2.05, 4.69) is 21.8 Å². The van der Waals surface area contributed by atoms with Gasteiger partial charge in [-0.25, -0.2) is 13.1 Å². The lowest BCUT2D eigenvalue weighted by Crippen LogP contribution is -2.40. The summed E-state index contributed by atoms with van der Waals surface area (Å²) in [6, 6.07) is 22.3. The Morgan fingerprint density at radius 1 is 0.900 bits per heavy atom. The molecule has 1 aliphatic rings. The van der Waals surface area contributed by atoms with Gasteiger partial charge < -0.3 is 4.90 Å². The van der Waals surface area contributed by atoms with E-state index in [-0.39, 0.29) is 10.9 Å². The van der Waals surface area contributed by atoms with Crippen molar-refractivity contribution in [2.24, 2.45) is 0 Å². The van der Waals surface area contributed by atoms with E-state index >= 15 is 0 Å². The summed E-state index contributed by atoms with van der Waals surface area (Å²) in [5.74, 6) is 0. The van der Waals surface area contributed by atoms with Crippen LogP contribution in [0.1, 0.15) is 12.8 Å². The normalized spacial score (nSPS) is 16.7. The van der Waals surface area contributed by atoms with Crippen LogP contribution in [0.4, 0.5) is 5.69 Å². The second-order valence-corrected chi connectivity index (χ2v) is 10.00. The summed E-state index contributed by atoms with van der Waals surface area (Å²) >= 11 is 12.1. The van der Waals surface area contributed by atoms with Gasteiger partial charge in [0.1, 0.15) is 0 Å². The topological polar surface area (TPSA) is 49.4 Å². The lowest BCUT2D eigenvalue weighted by atomic mass is 10.1. The first-order chi connectivity index (χ1) is 14.4. The van der Waals surface area contributed by atoms with E-state index in [9.17, 15) is 8.42 Å². The van der Waals surface area contributed by atoms with Gasteiger partial charge in [-0.3, -0.25) is 0 Å². The van der Waals surface area contributed by atoms with Crippen molar-refractivity contribution in [3.63, 3.8) is 0 Å². The number of nitrogens with zero attached hydrogens (tertiary/aromatic N) is 1. The van der Waals surface area contributed by atoms with Gasteiger partial charge in [0.2, 0.25) is 10.0 Å². The quantitative estimate of drug-likeness (QED) is 0.519. The van der Waals surface area contributed by atoms with Crippen LogP contribution in [0.25, 0.3) is 11.1 Å². The molecular formula is C23H22Cl2N2O2S. The van der Waals surface area contributed by atoms with E-state index in [4.69, 9.17) is 23.2 Å². The molecule has 0 saturated carbocycles. The molecule has 0 aromatic heterocycles. The monoisotopic (exact) mass is 460 g/mol. The number of hydrogen-bond donors (Lipinski definition) is 1. The summed E-state index contributed by atoms with van der Waals surface area (Å²) in [5.41, 5.74) is 2.82. The van der Waals surface area contributed by atoms with Gasteiger partial charge in [0.15, 0.2) is 0 Å². The summed E-state index contributed by atoms with van der Waals surface area (Å²) in [6.45, 7) is 1.32. The van der Waals surface area contributed by atoms with Gasteiger partial charge in [-0.1, -0.05) is 53.5 Å². The first-order valence-corrected chi connectivity index (χ1v) is 12.0. The maximum Gasteiger partial charge on any atom is 0.240 e. The van der Waals surface area contributed by atoms with Crippen molar-refractivity contribution in [3.05, 3.63) is 82.8 Å². The van der Waals surface area contributed by atoms with Gasteiger partial charge in [0.25, 0.3) is 0 Å². The second kappa shape index (κ2) is 8.98. The average molecular weight is 461 g/mol. The Kier molecular flexibility index (Phi) is 6.34. The molecule has 156 valence electrons. The third-order valence-corrected chi connectivity index (χ3v) is 7.21. The van der Waals surface area contributed by atoms with Crippen LogP contribution in [-0.4, -0.2) is 27.5 Å². The van der Waals surface area contributed by atoms with Crippen molar-refractivity contribution < 1.29 is 8.42 Å². The molecule has 1 N–H and O–H groups in total. The minimum Gasteiger partial charge on any atom is -0.367 e. The lowest BCUT2D eigenvalue weighted by molar-refractivity contribution is 0.567. The summed E-state index contributed by atoms with van der Waals surface area (Å²) in [7, 11) is -3.60. The Labute approximate surface area is 187 Å². The number of para-hydroxylation sites is 1. The molecule has 0 aliphatic carbocycles. The van der Waals surface area contributed by atoms with Crippen LogP contribution in [0.2, 0.25) is 10.0 Å². The van der Waals surface area contributed by atoms with Crippen LogP contribution in [0.5, 0.6) is 0 Å². The predicted octanol–water partition coefficient (Wildman–Crippen LogP) is 5.61.